The fraction of sp³-hybridized carbons (Fsp3) is 0.765. The largest absolute Gasteiger partial charge is 0.465 e. The van der Waals surface area contributed by atoms with E-state index in [1.54, 1.807) is 7.11 Å². The Morgan fingerprint density at radius 3 is 2.59 bits per heavy atom. The molecule has 0 radical (unpaired) electrons. The molecule has 1 N–H and O–H groups in total. The molecule has 0 saturated carbocycles. The van der Waals surface area contributed by atoms with Gasteiger partial charge < -0.3 is 19.0 Å². The second-order valence-electron chi connectivity index (χ2n) is 6.67. The molecule has 0 unspecified atom stereocenters. The van der Waals surface area contributed by atoms with Crippen LogP contribution in [0.15, 0.2) is 16.5 Å². The fourth-order valence-corrected chi connectivity index (χ4v) is 2.15. The third kappa shape index (κ3) is 8.54. The van der Waals surface area contributed by atoms with Crippen LogP contribution in [0.2, 0.25) is 0 Å². The van der Waals surface area contributed by atoms with Gasteiger partial charge in [-0.15, -0.1) is 0 Å². The van der Waals surface area contributed by atoms with Gasteiger partial charge in [-0.05, 0) is 46.2 Å². The maximum atomic E-state index is 10.2. The van der Waals surface area contributed by atoms with Gasteiger partial charge in [0.05, 0.1) is 24.9 Å². The van der Waals surface area contributed by atoms with Crippen molar-refractivity contribution in [2.45, 2.75) is 52.4 Å². The van der Waals surface area contributed by atoms with E-state index in [4.69, 9.17) is 13.9 Å². The Bertz CT molecular complexity index is 411. The molecule has 22 heavy (non-hydrogen) atoms. The summed E-state index contributed by atoms with van der Waals surface area (Å²) in [4.78, 5) is 2.17. The van der Waals surface area contributed by atoms with Crippen molar-refractivity contribution in [2.24, 2.45) is 0 Å². The first-order valence-corrected chi connectivity index (χ1v) is 7.89. The van der Waals surface area contributed by atoms with Crippen molar-refractivity contribution in [3.8, 4) is 0 Å². The number of hydrogen-bond acceptors (Lipinski definition) is 5. The highest BCUT2D eigenvalue weighted by Crippen LogP contribution is 2.12. The van der Waals surface area contributed by atoms with Gasteiger partial charge >= 0.3 is 0 Å². The van der Waals surface area contributed by atoms with Crippen LogP contribution in [-0.4, -0.2) is 55.1 Å². The van der Waals surface area contributed by atoms with E-state index in [0.29, 0.717) is 26.3 Å². The molecule has 0 amide bonds. The zero-order valence-corrected chi connectivity index (χ0v) is 14.6. The summed E-state index contributed by atoms with van der Waals surface area (Å²) >= 11 is 0. The van der Waals surface area contributed by atoms with Gasteiger partial charge in [0, 0.05) is 26.8 Å². The average molecular weight is 313 g/mol. The smallest absolute Gasteiger partial charge is 0.118 e. The van der Waals surface area contributed by atoms with E-state index >= 15 is 0 Å². The van der Waals surface area contributed by atoms with Gasteiger partial charge in [-0.1, -0.05) is 0 Å². The minimum Gasteiger partial charge on any atom is -0.465 e. The Morgan fingerprint density at radius 1 is 1.32 bits per heavy atom. The second kappa shape index (κ2) is 9.30. The lowest BCUT2D eigenvalue weighted by Crippen LogP contribution is -2.37. The molecular formula is C17H31NO4. The Hall–Kier alpha value is -0.880. The summed E-state index contributed by atoms with van der Waals surface area (Å²) < 4.78 is 16.4. The van der Waals surface area contributed by atoms with Gasteiger partial charge in [0.2, 0.25) is 0 Å². The molecule has 1 aromatic heterocycles. The fourth-order valence-electron chi connectivity index (χ4n) is 2.15. The quantitative estimate of drug-likeness (QED) is 0.673. The van der Waals surface area contributed by atoms with Crippen LogP contribution < -0.4 is 0 Å². The highest BCUT2D eigenvalue weighted by molar-refractivity contribution is 5.05. The molecule has 5 heteroatoms. The predicted molar refractivity (Wildman–Crippen MR) is 86.9 cm³/mol. The van der Waals surface area contributed by atoms with Crippen LogP contribution in [0, 0.1) is 6.92 Å². The first-order chi connectivity index (χ1) is 10.3. The molecule has 0 aliphatic rings. The maximum absolute atomic E-state index is 10.2. The third-order valence-corrected chi connectivity index (χ3v) is 3.18. The molecule has 1 heterocycles. The molecule has 0 saturated heterocycles. The van der Waals surface area contributed by atoms with Crippen molar-refractivity contribution in [1.29, 1.82) is 0 Å². The molecule has 0 aromatic carbocycles. The Morgan fingerprint density at radius 2 is 2.05 bits per heavy atom. The standard InChI is InChI=1S/C17H31NO4/c1-14-7-8-16(22-14)12-18(9-6-10-20-5)11-15(19)13-21-17(2,3)4/h7-8,15,19H,6,9-13H2,1-5H3/t15-/m1/s1. The highest BCUT2D eigenvalue weighted by atomic mass is 16.5. The van der Waals surface area contributed by atoms with Crippen molar-refractivity contribution < 1.29 is 19.0 Å². The van der Waals surface area contributed by atoms with Gasteiger partial charge in [0.1, 0.15) is 11.5 Å². The molecule has 1 aromatic rings. The summed E-state index contributed by atoms with van der Waals surface area (Å²) in [6, 6.07) is 3.94. The number of aliphatic hydroxyl groups is 1. The number of nitrogens with zero attached hydrogens (tertiary/aromatic N) is 1. The number of hydrogen-bond donors (Lipinski definition) is 1. The number of methoxy groups -OCH3 is 1. The summed E-state index contributed by atoms with van der Waals surface area (Å²) in [6.45, 7) is 11.0. The first-order valence-electron chi connectivity index (χ1n) is 7.89. The summed E-state index contributed by atoms with van der Waals surface area (Å²) in [5, 5.41) is 10.2. The van der Waals surface area contributed by atoms with E-state index in [-0.39, 0.29) is 5.60 Å². The van der Waals surface area contributed by atoms with Gasteiger partial charge in [-0.3, -0.25) is 4.90 Å². The number of aryl methyl sites for hydroxylation is 1. The van der Waals surface area contributed by atoms with E-state index in [1.165, 1.54) is 0 Å². The molecule has 0 aliphatic carbocycles. The van der Waals surface area contributed by atoms with Gasteiger partial charge in [0.25, 0.3) is 0 Å². The lowest BCUT2D eigenvalue weighted by molar-refractivity contribution is -0.0573. The van der Waals surface area contributed by atoms with Crippen LogP contribution in [-0.2, 0) is 16.0 Å². The molecule has 0 spiro atoms. The Balaban J connectivity index is 2.49. The van der Waals surface area contributed by atoms with Crippen molar-refractivity contribution in [2.75, 3.05) is 33.4 Å². The molecule has 128 valence electrons. The van der Waals surface area contributed by atoms with Gasteiger partial charge in [-0.2, -0.15) is 0 Å². The number of ether oxygens (including phenoxy) is 2. The third-order valence-electron chi connectivity index (χ3n) is 3.18. The first kappa shape index (κ1) is 19.2. The van der Waals surface area contributed by atoms with Crippen molar-refractivity contribution in [3.05, 3.63) is 23.7 Å². The van der Waals surface area contributed by atoms with Crippen molar-refractivity contribution in [1.82, 2.24) is 4.90 Å². The number of aliphatic hydroxyl groups excluding tert-OH is 1. The van der Waals surface area contributed by atoms with E-state index in [1.807, 2.05) is 39.8 Å². The zero-order valence-electron chi connectivity index (χ0n) is 14.6. The van der Waals surface area contributed by atoms with Crippen molar-refractivity contribution >= 4 is 0 Å². The average Bonchev–Trinajstić information content (AvgIpc) is 2.81. The Kier molecular flexibility index (Phi) is 8.10. The topological polar surface area (TPSA) is 55.1 Å². The van der Waals surface area contributed by atoms with Crippen LogP contribution in [0.25, 0.3) is 0 Å². The molecule has 0 fully saturated rings. The van der Waals surface area contributed by atoms with Gasteiger partial charge in [-0.25, -0.2) is 0 Å². The molecule has 0 bridgehead atoms. The zero-order chi connectivity index (χ0) is 16.6. The molecule has 1 rings (SSSR count). The molecule has 5 nitrogen and oxygen atoms in total. The lowest BCUT2D eigenvalue weighted by atomic mass is 10.2. The van der Waals surface area contributed by atoms with Crippen LogP contribution in [0.5, 0.6) is 0 Å². The van der Waals surface area contributed by atoms with E-state index < -0.39 is 6.10 Å². The predicted octanol–water partition coefficient (Wildman–Crippen LogP) is 2.60. The lowest BCUT2D eigenvalue weighted by Gasteiger charge is -2.26. The highest BCUT2D eigenvalue weighted by Gasteiger charge is 2.17. The SMILES string of the molecule is COCCCN(Cc1ccc(C)o1)C[C@@H](O)COC(C)(C)C. The van der Waals surface area contributed by atoms with Gasteiger partial charge in [0.15, 0.2) is 0 Å². The Labute approximate surface area is 134 Å². The normalized spacial score (nSPS) is 13.8. The van der Waals surface area contributed by atoms with Crippen LogP contribution in [0.4, 0.5) is 0 Å². The maximum Gasteiger partial charge on any atom is 0.118 e. The number of rotatable bonds is 10. The summed E-state index contributed by atoms with van der Waals surface area (Å²) in [7, 11) is 1.70. The minimum absolute atomic E-state index is 0.236. The summed E-state index contributed by atoms with van der Waals surface area (Å²) in [5.41, 5.74) is -0.236. The number of furan rings is 1. The summed E-state index contributed by atoms with van der Waals surface area (Å²) in [5.74, 6) is 1.82. The monoisotopic (exact) mass is 313 g/mol. The van der Waals surface area contributed by atoms with Crippen molar-refractivity contribution in [3.63, 3.8) is 0 Å². The van der Waals surface area contributed by atoms with E-state index in [9.17, 15) is 5.11 Å². The van der Waals surface area contributed by atoms with Crippen LogP contribution in [0.1, 0.15) is 38.7 Å². The molecular weight excluding hydrogens is 282 g/mol. The van der Waals surface area contributed by atoms with E-state index in [0.717, 1.165) is 24.5 Å². The van der Waals surface area contributed by atoms with Crippen LogP contribution in [0.3, 0.4) is 0 Å². The van der Waals surface area contributed by atoms with E-state index in [2.05, 4.69) is 4.90 Å². The minimum atomic E-state index is -0.516. The van der Waals surface area contributed by atoms with Crippen LogP contribution >= 0.6 is 0 Å². The second-order valence-corrected chi connectivity index (χ2v) is 6.67. The summed E-state index contributed by atoms with van der Waals surface area (Å²) in [6.07, 6.45) is 0.404. The molecule has 1 atom stereocenters. The molecule has 0 aliphatic heterocycles.